The van der Waals surface area contributed by atoms with Gasteiger partial charge < -0.3 is 47.4 Å². The maximum absolute atomic E-state index is 12.5. The molecule has 53 heavy (non-hydrogen) atoms. The quantitative estimate of drug-likeness (QED) is 0.106. The van der Waals surface area contributed by atoms with E-state index in [2.05, 4.69) is 10.0 Å². The van der Waals surface area contributed by atoms with Gasteiger partial charge in [-0.15, -0.1) is 0 Å². The van der Waals surface area contributed by atoms with Gasteiger partial charge in [0.15, 0.2) is 30.1 Å². The molecule has 3 heterocycles. The molecule has 0 N–H and O–H groups in total. The smallest absolute Gasteiger partial charge is 0.303 e. The van der Waals surface area contributed by atoms with Crippen LogP contribution in [0.1, 0.15) is 90.5 Å². The molecular weight excluding hydrogens is 694 g/mol. The molecule has 0 unspecified atom stereocenters. The molecule has 3 aliphatic carbocycles. The standard InChI is InChI=1S/C37H49N3O13/c1-21(41)44-20-25-27(46-22(2)42)28(47-23(3)43)26(39-40-38)35(48-25)49-30-29(45-19-24-13-7-4-8-14-24)31-33(52-36(50-31)15-9-5-10-16-36)34-32(30)51-37(53-34)17-11-6-12-18-37/h4,7-8,13-14,25-35H,5-6,9-12,15-20H2,1-3H3/t25-,26-,27-,28-,29+,30+,31-,32+,33+,34+,35-/m1/s1. The minimum absolute atomic E-state index is 0.208. The normalized spacial score (nSPS) is 36.8. The monoisotopic (exact) mass is 743 g/mol. The summed E-state index contributed by atoms with van der Waals surface area (Å²) >= 11 is 0. The molecular formula is C37H49N3O13. The molecule has 6 aliphatic rings. The lowest BCUT2D eigenvalue weighted by Gasteiger charge is -2.47. The number of ether oxygens (including phenoxy) is 10. The zero-order chi connectivity index (χ0) is 37.2. The van der Waals surface area contributed by atoms with Crippen molar-refractivity contribution in [1.29, 1.82) is 0 Å². The summed E-state index contributed by atoms with van der Waals surface area (Å²) in [5.74, 6) is -3.75. The highest BCUT2D eigenvalue weighted by Gasteiger charge is 2.68. The first kappa shape index (κ1) is 38.0. The summed E-state index contributed by atoms with van der Waals surface area (Å²) in [4.78, 5) is 39.7. The van der Waals surface area contributed by atoms with Crippen molar-refractivity contribution in [3.8, 4) is 0 Å². The Hall–Kier alpha value is -3.34. The number of hydrogen-bond acceptors (Lipinski definition) is 14. The lowest BCUT2D eigenvalue weighted by Crippen LogP contribution is -2.66. The van der Waals surface area contributed by atoms with Gasteiger partial charge in [-0.1, -0.05) is 48.3 Å². The number of carbonyl (C=O) groups is 3. The van der Waals surface area contributed by atoms with Crippen molar-refractivity contribution in [3.63, 3.8) is 0 Å². The second-order valence-corrected chi connectivity index (χ2v) is 14.8. The predicted octanol–water partition coefficient (Wildman–Crippen LogP) is 4.69. The van der Waals surface area contributed by atoms with Gasteiger partial charge in [0.1, 0.15) is 55.4 Å². The first-order chi connectivity index (χ1) is 25.6. The molecule has 0 amide bonds. The molecule has 3 saturated carbocycles. The molecule has 0 bridgehead atoms. The SMILES string of the molecule is CC(=O)OC[C@H]1O[C@H](O[C@H]2[C@H](OCc3ccccc3)[C@H]3OC4(CCCCC4)O[C@@H]3[C@H]3OC4(CCCCC4)O[C@@H]23)[C@H](N=[N+]=[N-])[C@@H](OC(C)=O)[C@@H]1OC(C)=O. The van der Waals surface area contributed by atoms with E-state index in [0.29, 0.717) is 12.8 Å². The maximum atomic E-state index is 12.5. The molecule has 0 aromatic heterocycles. The zero-order valence-electron chi connectivity index (χ0n) is 30.4. The average Bonchev–Trinajstić information content (AvgIpc) is 3.68. The molecule has 2 spiro atoms. The van der Waals surface area contributed by atoms with Crippen molar-refractivity contribution in [2.24, 2.45) is 5.11 Å². The number of azide groups is 1. The van der Waals surface area contributed by atoms with E-state index in [9.17, 15) is 19.9 Å². The summed E-state index contributed by atoms with van der Waals surface area (Å²) in [6.45, 7) is 3.40. The minimum Gasteiger partial charge on any atom is -0.463 e. The Balaban J connectivity index is 1.28. The first-order valence-electron chi connectivity index (χ1n) is 18.8. The third-order valence-electron chi connectivity index (χ3n) is 11.0. The van der Waals surface area contributed by atoms with Gasteiger partial charge >= 0.3 is 17.9 Å². The highest BCUT2D eigenvalue weighted by atomic mass is 16.8. The zero-order valence-corrected chi connectivity index (χ0v) is 30.4. The molecule has 3 saturated heterocycles. The number of esters is 3. The Bertz CT molecular complexity index is 1510. The van der Waals surface area contributed by atoms with Crippen LogP contribution in [0.5, 0.6) is 0 Å². The lowest BCUT2D eigenvalue weighted by atomic mass is 9.84. The third kappa shape index (κ3) is 8.20. The van der Waals surface area contributed by atoms with Gasteiger partial charge in [0.2, 0.25) is 0 Å². The van der Waals surface area contributed by atoms with E-state index in [1.807, 2.05) is 30.3 Å². The van der Waals surface area contributed by atoms with Gasteiger partial charge in [-0.2, -0.15) is 0 Å². The van der Waals surface area contributed by atoms with Gasteiger partial charge in [0, 0.05) is 51.4 Å². The van der Waals surface area contributed by atoms with E-state index in [0.717, 1.165) is 56.9 Å². The van der Waals surface area contributed by atoms with E-state index in [1.165, 1.54) is 20.8 Å². The summed E-state index contributed by atoms with van der Waals surface area (Å²) in [5, 5.41) is 3.96. The number of nitrogens with zero attached hydrogens (tertiary/aromatic N) is 3. The third-order valence-corrected chi connectivity index (χ3v) is 11.0. The van der Waals surface area contributed by atoms with Gasteiger partial charge in [0.25, 0.3) is 0 Å². The topological polar surface area (TPSA) is 192 Å². The van der Waals surface area contributed by atoms with Crippen molar-refractivity contribution in [2.75, 3.05) is 6.61 Å². The number of hydrogen-bond donors (Lipinski definition) is 0. The van der Waals surface area contributed by atoms with E-state index in [4.69, 9.17) is 47.4 Å². The van der Waals surface area contributed by atoms with Crippen LogP contribution in [0.15, 0.2) is 35.4 Å². The summed E-state index contributed by atoms with van der Waals surface area (Å²) < 4.78 is 64.2. The van der Waals surface area contributed by atoms with Crippen LogP contribution in [-0.2, 0) is 68.4 Å². The predicted molar refractivity (Wildman–Crippen MR) is 180 cm³/mol. The highest BCUT2D eigenvalue weighted by Crippen LogP contribution is 2.53. The number of benzene rings is 1. The minimum atomic E-state index is -1.43. The van der Waals surface area contributed by atoms with Crippen molar-refractivity contribution < 1.29 is 61.8 Å². The molecule has 1 aromatic carbocycles. The fourth-order valence-corrected chi connectivity index (χ4v) is 8.80. The Labute approximate surface area is 307 Å². The van der Waals surface area contributed by atoms with Crippen molar-refractivity contribution in [1.82, 2.24) is 0 Å². The van der Waals surface area contributed by atoms with Crippen LogP contribution >= 0.6 is 0 Å². The molecule has 7 rings (SSSR count). The molecule has 11 atom stereocenters. The Morgan fingerprint density at radius 1 is 0.736 bits per heavy atom. The lowest BCUT2D eigenvalue weighted by molar-refractivity contribution is -0.313. The molecule has 290 valence electrons. The van der Waals surface area contributed by atoms with Gasteiger partial charge in [-0.25, -0.2) is 0 Å². The summed E-state index contributed by atoms with van der Waals surface area (Å²) in [6.07, 6.45) is -0.784. The number of carbonyl (C=O) groups excluding carboxylic acids is 3. The molecule has 6 fully saturated rings. The van der Waals surface area contributed by atoms with Crippen LogP contribution in [0.3, 0.4) is 0 Å². The van der Waals surface area contributed by atoms with Crippen LogP contribution in [0.25, 0.3) is 10.4 Å². The van der Waals surface area contributed by atoms with Crippen molar-refractivity contribution in [2.45, 2.75) is 170 Å². The molecule has 16 heteroatoms. The highest BCUT2D eigenvalue weighted by molar-refractivity contribution is 5.68. The van der Waals surface area contributed by atoms with Gasteiger partial charge in [0.05, 0.1) is 6.61 Å². The molecule has 0 radical (unpaired) electrons. The van der Waals surface area contributed by atoms with Crippen LogP contribution in [0.2, 0.25) is 0 Å². The average molecular weight is 744 g/mol. The van der Waals surface area contributed by atoms with E-state index < -0.39 is 96.7 Å². The van der Waals surface area contributed by atoms with E-state index in [1.54, 1.807) is 0 Å². The van der Waals surface area contributed by atoms with E-state index in [-0.39, 0.29) is 13.2 Å². The number of rotatable bonds is 10. The molecule has 1 aromatic rings. The fraction of sp³-hybridized carbons (Fsp3) is 0.757. The summed E-state index contributed by atoms with van der Waals surface area (Å²) in [6, 6.07) is 8.34. The molecule has 16 nitrogen and oxygen atoms in total. The Kier molecular flexibility index (Phi) is 11.6. The van der Waals surface area contributed by atoms with Crippen LogP contribution in [0.4, 0.5) is 0 Å². The summed E-state index contributed by atoms with van der Waals surface area (Å²) in [7, 11) is 0. The number of fused-ring (bicyclic) bond motifs is 3. The molecule has 3 aliphatic heterocycles. The van der Waals surface area contributed by atoms with Crippen molar-refractivity contribution in [3.05, 3.63) is 46.3 Å². The Morgan fingerprint density at radius 2 is 1.28 bits per heavy atom. The largest absolute Gasteiger partial charge is 0.463 e. The van der Waals surface area contributed by atoms with Crippen molar-refractivity contribution >= 4 is 17.9 Å². The summed E-state index contributed by atoms with van der Waals surface area (Å²) in [5.41, 5.74) is 10.7. The fourth-order valence-electron chi connectivity index (χ4n) is 8.80. The van der Waals surface area contributed by atoms with Gasteiger partial charge in [-0.3, -0.25) is 14.4 Å². The maximum Gasteiger partial charge on any atom is 0.303 e. The van der Waals surface area contributed by atoms with E-state index >= 15 is 0 Å². The second-order valence-electron chi connectivity index (χ2n) is 14.8. The van der Waals surface area contributed by atoms with Crippen LogP contribution in [-0.4, -0.2) is 103 Å². The van der Waals surface area contributed by atoms with Gasteiger partial charge in [-0.05, 0) is 36.8 Å². The van der Waals surface area contributed by atoms with Crippen LogP contribution in [0, 0.1) is 0 Å². The Morgan fingerprint density at radius 3 is 1.83 bits per heavy atom. The second kappa shape index (κ2) is 16.2. The van der Waals surface area contributed by atoms with Crippen LogP contribution < -0.4 is 0 Å². The first-order valence-corrected chi connectivity index (χ1v) is 18.8.